The maximum absolute atomic E-state index is 12.5. The Morgan fingerprint density at radius 2 is 1.90 bits per heavy atom. The van der Waals surface area contributed by atoms with Gasteiger partial charge in [-0.05, 0) is 18.2 Å². The Balaban J connectivity index is 1.32. The molecule has 0 atom stereocenters. The number of hydrogen-bond acceptors (Lipinski definition) is 7. The van der Waals surface area contributed by atoms with Gasteiger partial charge in [0.2, 0.25) is 0 Å². The van der Waals surface area contributed by atoms with Crippen molar-refractivity contribution < 1.29 is 14.1 Å². The topological polar surface area (TPSA) is 92.7 Å². The minimum Gasteiger partial charge on any atom is -0.395 e. The highest BCUT2D eigenvalue weighted by molar-refractivity contribution is 7.13. The first-order valence-electron chi connectivity index (χ1n) is 8.96. The van der Waals surface area contributed by atoms with Gasteiger partial charge in [-0.25, -0.2) is 4.98 Å². The fourth-order valence-corrected chi connectivity index (χ4v) is 4.08. The summed E-state index contributed by atoms with van der Waals surface area (Å²) < 4.78 is 5.01. The van der Waals surface area contributed by atoms with Gasteiger partial charge in [0.1, 0.15) is 9.93 Å². The number of furan rings is 1. The lowest BCUT2D eigenvalue weighted by molar-refractivity contribution is -0.402. The fourth-order valence-electron chi connectivity index (χ4n) is 3.14. The third kappa shape index (κ3) is 4.47. The molecule has 3 aromatic rings. The average Bonchev–Trinajstić information content (AvgIpc) is 3.39. The van der Waals surface area contributed by atoms with Crippen molar-refractivity contribution in [2.24, 2.45) is 0 Å². The van der Waals surface area contributed by atoms with Crippen LogP contribution in [0.5, 0.6) is 0 Å². The second-order valence-electron chi connectivity index (χ2n) is 6.61. The maximum Gasteiger partial charge on any atom is 0.433 e. The van der Waals surface area contributed by atoms with Crippen LogP contribution in [0.2, 0.25) is 5.02 Å². The number of nitrogens with zero attached hydrogens (tertiary/aromatic N) is 4. The molecule has 29 heavy (non-hydrogen) atoms. The SMILES string of the molecule is O=C(c1ccc([N+](=O)[O-])o1)N1CCN(Cc2csc(-c3ccc(Cl)cc3)n2)CC1. The summed E-state index contributed by atoms with van der Waals surface area (Å²) in [5.41, 5.74) is 2.02. The van der Waals surface area contributed by atoms with Gasteiger partial charge in [0, 0.05) is 48.7 Å². The largest absolute Gasteiger partial charge is 0.433 e. The van der Waals surface area contributed by atoms with Gasteiger partial charge in [-0.3, -0.25) is 19.8 Å². The van der Waals surface area contributed by atoms with E-state index < -0.39 is 10.8 Å². The summed E-state index contributed by atoms with van der Waals surface area (Å²) in [5.74, 6) is -0.749. The molecule has 1 saturated heterocycles. The van der Waals surface area contributed by atoms with E-state index in [0.717, 1.165) is 16.3 Å². The fraction of sp³-hybridized carbons (Fsp3) is 0.263. The summed E-state index contributed by atoms with van der Waals surface area (Å²) in [4.78, 5) is 31.1. The van der Waals surface area contributed by atoms with Crippen LogP contribution in [-0.4, -0.2) is 51.8 Å². The normalized spacial score (nSPS) is 14.9. The molecular formula is C19H17ClN4O4S. The van der Waals surface area contributed by atoms with Gasteiger partial charge in [0.25, 0.3) is 5.91 Å². The van der Waals surface area contributed by atoms with Crippen molar-refractivity contribution in [3.05, 3.63) is 68.4 Å². The van der Waals surface area contributed by atoms with Gasteiger partial charge in [-0.1, -0.05) is 23.7 Å². The lowest BCUT2D eigenvalue weighted by Crippen LogP contribution is -2.48. The van der Waals surface area contributed by atoms with Crippen molar-refractivity contribution in [3.63, 3.8) is 0 Å². The molecule has 1 aliphatic heterocycles. The van der Waals surface area contributed by atoms with Crippen molar-refractivity contribution in [3.8, 4) is 10.6 Å². The van der Waals surface area contributed by atoms with Crippen molar-refractivity contribution in [2.75, 3.05) is 26.2 Å². The molecule has 0 spiro atoms. The molecule has 10 heteroatoms. The van der Waals surface area contributed by atoms with Gasteiger partial charge < -0.3 is 9.32 Å². The quantitative estimate of drug-likeness (QED) is 0.448. The van der Waals surface area contributed by atoms with Gasteiger partial charge in [0.05, 0.1) is 11.8 Å². The van der Waals surface area contributed by atoms with Gasteiger partial charge in [-0.2, -0.15) is 0 Å². The molecule has 0 bridgehead atoms. The zero-order valence-corrected chi connectivity index (χ0v) is 16.9. The smallest absolute Gasteiger partial charge is 0.395 e. The summed E-state index contributed by atoms with van der Waals surface area (Å²) in [7, 11) is 0. The van der Waals surface area contributed by atoms with E-state index in [1.807, 2.05) is 29.6 Å². The summed E-state index contributed by atoms with van der Waals surface area (Å²) in [6.45, 7) is 3.16. The van der Waals surface area contributed by atoms with Crippen LogP contribution < -0.4 is 0 Å². The third-order valence-corrected chi connectivity index (χ3v) is 5.86. The van der Waals surface area contributed by atoms with E-state index in [1.54, 1.807) is 16.2 Å². The molecule has 1 amide bonds. The first-order valence-corrected chi connectivity index (χ1v) is 10.2. The molecule has 0 N–H and O–H groups in total. The molecule has 0 saturated carbocycles. The predicted octanol–water partition coefficient (Wildman–Crippen LogP) is 3.92. The monoisotopic (exact) mass is 432 g/mol. The van der Waals surface area contributed by atoms with Crippen molar-refractivity contribution in [2.45, 2.75) is 6.54 Å². The highest BCUT2D eigenvalue weighted by atomic mass is 35.5. The van der Waals surface area contributed by atoms with E-state index in [1.165, 1.54) is 12.1 Å². The number of aromatic nitrogens is 1. The standard InChI is InChI=1S/C19H17ClN4O4S/c20-14-3-1-13(2-4-14)18-21-15(12-29-18)11-22-7-9-23(10-8-22)19(25)16-5-6-17(28-16)24(26)27/h1-6,12H,7-11H2. The first-order chi connectivity index (χ1) is 14.0. The first kappa shape index (κ1) is 19.6. The van der Waals surface area contributed by atoms with E-state index in [4.69, 9.17) is 21.0 Å². The second-order valence-corrected chi connectivity index (χ2v) is 7.91. The molecule has 1 aliphatic rings. The van der Waals surface area contributed by atoms with Crippen LogP contribution in [0.15, 0.2) is 46.2 Å². The zero-order valence-electron chi connectivity index (χ0n) is 15.3. The Kier molecular flexibility index (Phi) is 5.61. The van der Waals surface area contributed by atoms with E-state index in [2.05, 4.69) is 4.90 Å². The Morgan fingerprint density at radius 1 is 1.17 bits per heavy atom. The van der Waals surface area contributed by atoms with Gasteiger partial charge >= 0.3 is 5.88 Å². The molecule has 4 rings (SSSR count). The molecule has 3 heterocycles. The zero-order chi connectivity index (χ0) is 20.4. The third-order valence-electron chi connectivity index (χ3n) is 4.67. The summed E-state index contributed by atoms with van der Waals surface area (Å²) >= 11 is 7.53. The molecule has 0 unspecified atom stereocenters. The van der Waals surface area contributed by atoms with E-state index in [9.17, 15) is 14.9 Å². The minimum atomic E-state index is -0.652. The van der Waals surface area contributed by atoms with Gasteiger partial charge in [-0.15, -0.1) is 11.3 Å². The van der Waals surface area contributed by atoms with E-state index >= 15 is 0 Å². The number of thiazole rings is 1. The number of rotatable bonds is 5. The van der Waals surface area contributed by atoms with Crippen LogP contribution in [0.3, 0.4) is 0 Å². The van der Waals surface area contributed by atoms with Crippen LogP contribution in [0.1, 0.15) is 16.2 Å². The lowest BCUT2D eigenvalue weighted by Gasteiger charge is -2.33. The number of benzene rings is 1. The molecule has 2 aromatic heterocycles. The summed E-state index contributed by atoms with van der Waals surface area (Å²) in [5, 5.41) is 14.4. The van der Waals surface area contributed by atoms with Crippen molar-refractivity contribution >= 4 is 34.7 Å². The summed E-state index contributed by atoms with van der Waals surface area (Å²) in [6, 6.07) is 10.1. The van der Waals surface area contributed by atoms with Crippen LogP contribution in [0.25, 0.3) is 10.6 Å². The van der Waals surface area contributed by atoms with Crippen molar-refractivity contribution in [1.29, 1.82) is 0 Å². The molecule has 0 aliphatic carbocycles. The maximum atomic E-state index is 12.5. The van der Waals surface area contributed by atoms with Crippen LogP contribution in [-0.2, 0) is 6.54 Å². The number of carbonyl (C=O) groups excluding carboxylic acids is 1. The number of amides is 1. The van der Waals surface area contributed by atoms with Crippen LogP contribution in [0.4, 0.5) is 5.88 Å². The highest BCUT2D eigenvalue weighted by Crippen LogP contribution is 2.26. The van der Waals surface area contributed by atoms with E-state index in [-0.39, 0.29) is 11.7 Å². The lowest BCUT2D eigenvalue weighted by atomic mass is 10.2. The molecule has 8 nitrogen and oxygen atoms in total. The Bertz CT molecular complexity index is 1030. The van der Waals surface area contributed by atoms with Gasteiger partial charge in [0.15, 0.2) is 5.76 Å². The number of nitro groups is 1. The molecule has 1 aromatic carbocycles. The Morgan fingerprint density at radius 3 is 2.55 bits per heavy atom. The minimum absolute atomic E-state index is 0.00254. The van der Waals surface area contributed by atoms with Crippen LogP contribution in [0, 0.1) is 10.1 Å². The highest BCUT2D eigenvalue weighted by Gasteiger charge is 2.26. The average molecular weight is 433 g/mol. The molecule has 1 fully saturated rings. The van der Waals surface area contributed by atoms with Crippen LogP contribution >= 0.6 is 22.9 Å². The number of carbonyl (C=O) groups is 1. The second kappa shape index (κ2) is 8.32. The van der Waals surface area contributed by atoms with Crippen molar-refractivity contribution in [1.82, 2.24) is 14.8 Å². The predicted molar refractivity (Wildman–Crippen MR) is 109 cm³/mol. The molecule has 150 valence electrons. The number of halogens is 1. The number of hydrogen-bond donors (Lipinski definition) is 0. The van der Waals surface area contributed by atoms with E-state index in [0.29, 0.717) is 37.7 Å². The summed E-state index contributed by atoms with van der Waals surface area (Å²) in [6.07, 6.45) is 0. The molecular weight excluding hydrogens is 416 g/mol. The Hall–Kier alpha value is -2.75. The molecule has 0 radical (unpaired) electrons. The Labute approximate surface area is 175 Å². The number of piperazine rings is 1.